The second-order valence-electron chi connectivity index (χ2n) is 4.58. The van der Waals surface area contributed by atoms with E-state index in [1.165, 1.54) is 12.1 Å². The van der Waals surface area contributed by atoms with Crippen LogP contribution in [0.3, 0.4) is 0 Å². The fourth-order valence-electron chi connectivity index (χ4n) is 2.16. The van der Waals surface area contributed by atoms with Crippen LogP contribution in [0.2, 0.25) is 0 Å². The van der Waals surface area contributed by atoms with Gasteiger partial charge in [0.25, 0.3) is 5.91 Å². The van der Waals surface area contributed by atoms with Crippen LogP contribution in [0.25, 0.3) is 0 Å². The maximum Gasteiger partial charge on any atom is 0.335 e. The molecular weight excluding hydrogens is 260 g/mol. The first-order valence-corrected chi connectivity index (χ1v) is 5.98. The minimum Gasteiger partial charge on any atom is -0.478 e. The van der Waals surface area contributed by atoms with E-state index in [0.29, 0.717) is 11.4 Å². The summed E-state index contributed by atoms with van der Waals surface area (Å²) in [6.07, 6.45) is 3.34. The Hall–Kier alpha value is -2.83. The van der Waals surface area contributed by atoms with Gasteiger partial charge in [-0.3, -0.25) is 9.48 Å². The third kappa shape index (κ3) is 1.99. The molecule has 1 atom stereocenters. The Morgan fingerprint density at radius 2 is 2.20 bits per heavy atom. The summed E-state index contributed by atoms with van der Waals surface area (Å²) in [6.45, 7) is 0. The van der Waals surface area contributed by atoms with E-state index in [4.69, 9.17) is 5.11 Å². The molecule has 3 rings (SSSR count). The molecule has 3 N–H and O–H groups in total. The number of carbonyl (C=O) groups excluding carboxylic acids is 1. The van der Waals surface area contributed by atoms with E-state index in [1.54, 1.807) is 30.2 Å². The first kappa shape index (κ1) is 12.2. The lowest BCUT2D eigenvalue weighted by Crippen LogP contribution is -2.31. The standard InChI is InChI=1S/C13H12N4O3/c1-17-6-8(5-14-17)11-12(18)16-9-3-2-7(13(19)20)4-10(9)15-11/h2-6,11,15H,1H3,(H,16,18)(H,19,20). The molecule has 0 bridgehead atoms. The molecule has 1 aromatic carbocycles. The van der Waals surface area contributed by atoms with Crippen LogP contribution in [-0.4, -0.2) is 26.8 Å². The number of carboxylic acid groups (broad SMARTS) is 1. The Bertz CT molecular complexity index is 707. The number of aromatic nitrogens is 2. The van der Waals surface area contributed by atoms with Crippen LogP contribution in [0.15, 0.2) is 30.6 Å². The molecule has 20 heavy (non-hydrogen) atoms. The number of benzene rings is 1. The quantitative estimate of drug-likeness (QED) is 0.764. The van der Waals surface area contributed by atoms with Crippen molar-refractivity contribution in [1.29, 1.82) is 0 Å². The summed E-state index contributed by atoms with van der Waals surface area (Å²) in [5.41, 5.74) is 2.03. The van der Waals surface area contributed by atoms with Crippen LogP contribution >= 0.6 is 0 Å². The maximum atomic E-state index is 12.1. The Balaban J connectivity index is 1.97. The summed E-state index contributed by atoms with van der Waals surface area (Å²) in [7, 11) is 1.76. The van der Waals surface area contributed by atoms with Crippen LogP contribution in [-0.2, 0) is 11.8 Å². The van der Waals surface area contributed by atoms with Gasteiger partial charge in [0.2, 0.25) is 0 Å². The number of carbonyl (C=O) groups is 2. The Morgan fingerprint density at radius 3 is 2.85 bits per heavy atom. The summed E-state index contributed by atoms with van der Waals surface area (Å²) < 4.78 is 1.60. The Labute approximate surface area is 114 Å². The Morgan fingerprint density at radius 1 is 1.40 bits per heavy atom. The van der Waals surface area contributed by atoms with Gasteiger partial charge in [-0.1, -0.05) is 0 Å². The van der Waals surface area contributed by atoms with E-state index in [1.807, 2.05) is 0 Å². The third-order valence-electron chi connectivity index (χ3n) is 3.14. The largest absolute Gasteiger partial charge is 0.478 e. The zero-order valence-electron chi connectivity index (χ0n) is 10.6. The molecular formula is C13H12N4O3. The number of aromatic carboxylic acids is 1. The van der Waals surface area contributed by atoms with Crippen molar-refractivity contribution in [2.24, 2.45) is 7.05 Å². The second kappa shape index (κ2) is 4.37. The normalized spacial score (nSPS) is 17.1. The van der Waals surface area contributed by atoms with Gasteiger partial charge in [-0.05, 0) is 18.2 Å². The Kier molecular flexibility index (Phi) is 2.67. The van der Waals surface area contributed by atoms with Crippen molar-refractivity contribution in [3.8, 4) is 0 Å². The van der Waals surface area contributed by atoms with Crippen molar-refractivity contribution in [2.75, 3.05) is 10.6 Å². The molecule has 2 heterocycles. The number of fused-ring (bicyclic) bond motifs is 1. The minimum absolute atomic E-state index is 0.164. The molecule has 1 amide bonds. The lowest BCUT2D eigenvalue weighted by atomic mass is 10.0. The van der Waals surface area contributed by atoms with Crippen molar-refractivity contribution in [3.05, 3.63) is 41.7 Å². The molecule has 0 fully saturated rings. The molecule has 0 saturated heterocycles. The number of rotatable bonds is 2. The summed E-state index contributed by atoms with van der Waals surface area (Å²) in [5, 5.41) is 18.8. The fraction of sp³-hybridized carbons (Fsp3) is 0.154. The predicted molar refractivity (Wildman–Crippen MR) is 71.6 cm³/mol. The summed E-state index contributed by atoms with van der Waals surface area (Å²) in [5.74, 6) is -1.21. The van der Waals surface area contributed by atoms with Crippen LogP contribution < -0.4 is 10.6 Å². The number of amides is 1. The molecule has 7 heteroatoms. The van der Waals surface area contributed by atoms with Crippen LogP contribution in [0, 0.1) is 0 Å². The fourth-order valence-corrected chi connectivity index (χ4v) is 2.16. The van der Waals surface area contributed by atoms with E-state index < -0.39 is 12.0 Å². The zero-order chi connectivity index (χ0) is 14.3. The molecule has 7 nitrogen and oxygen atoms in total. The average Bonchev–Trinajstić information content (AvgIpc) is 2.83. The SMILES string of the molecule is Cn1cc(C2Nc3cc(C(=O)O)ccc3NC2=O)cn1. The number of hydrogen-bond acceptors (Lipinski definition) is 4. The molecule has 0 saturated carbocycles. The van der Waals surface area contributed by atoms with Crippen molar-refractivity contribution in [2.45, 2.75) is 6.04 Å². The number of aryl methyl sites for hydroxylation is 1. The van der Waals surface area contributed by atoms with Gasteiger partial charge in [0.05, 0.1) is 23.1 Å². The zero-order valence-corrected chi connectivity index (χ0v) is 10.6. The molecule has 0 aliphatic carbocycles. The molecule has 1 aliphatic rings. The van der Waals surface area contributed by atoms with Gasteiger partial charge in [0, 0.05) is 18.8 Å². The highest BCUT2D eigenvalue weighted by Gasteiger charge is 2.28. The number of carboxylic acids is 1. The predicted octanol–water partition coefficient (Wildman–Crippen LogP) is 1.22. The van der Waals surface area contributed by atoms with Crippen LogP contribution in [0.1, 0.15) is 22.0 Å². The molecule has 0 radical (unpaired) electrons. The van der Waals surface area contributed by atoms with E-state index >= 15 is 0 Å². The maximum absolute atomic E-state index is 12.1. The number of anilines is 2. The molecule has 102 valence electrons. The first-order valence-electron chi connectivity index (χ1n) is 5.98. The third-order valence-corrected chi connectivity index (χ3v) is 3.14. The van der Waals surface area contributed by atoms with Crippen molar-refractivity contribution >= 4 is 23.3 Å². The van der Waals surface area contributed by atoms with Crippen molar-refractivity contribution in [3.63, 3.8) is 0 Å². The molecule has 0 spiro atoms. The number of hydrogen-bond donors (Lipinski definition) is 3. The lowest BCUT2D eigenvalue weighted by Gasteiger charge is -2.26. The van der Waals surface area contributed by atoms with E-state index in [2.05, 4.69) is 15.7 Å². The highest BCUT2D eigenvalue weighted by atomic mass is 16.4. The van der Waals surface area contributed by atoms with Crippen LogP contribution in [0.5, 0.6) is 0 Å². The van der Waals surface area contributed by atoms with E-state index in [-0.39, 0.29) is 11.5 Å². The molecule has 1 aliphatic heterocycles. The molecule has 1 unspecified atom stereocenters. The van der Waals surface area contributed by atoms with Gasteiger partial charge in [-0.2, -0.15) is 5.10 Å². The average molecular weight is 272 g/mol. The first-order chi connectivity index (χ1) is 9.54. The molecule has 2 aromatic rings. The number of nitrogens with zero attached hydrogens (tertiary/aromatic N) is 2. The van der Waals surface area contributed by atoms with Crippen molar-refractivity contribution < 1.29 is 14.7 Å². The highest BCUT2D eigenvalue weighted by molar-refractivity contribution is 6.04. The van der Waals surface area contributed by atoms with Crippen molar-refractivity contribution in [1.82, 2.24) is 9.78 Å². The summed E-state index contributed by atoms with van der Waals surface area (Å²) in [6, 6.07) is 3.94. The van der Waals surface area contributed by atoms with Gasteiger partial charge in [-0.25, -0.2) is 4.79 Å². The van der Waals surface area contributed by atoms with Gasteiger partial charge in [-0.15, -0.1) is 0 Å². The van der Waals surface area contributed by atoms with E-state index in [0.717, 1.165) is 5.56 Å². The smallest absolute Gasteiger partial charge is 0.335 e. The van der Waals surface area contributed by atoms with Gasteiger partial charge in [0.1, 0.15) is 6.04 Å². The van der Waals surface area contributed by atoms with Gasteiger partial charge < -0.3 is 15.7 Å². The topological polar surface area (TPSA) is 96.3 Å². The highest BCUT2D eigenvalue weighted by Crippen LogP contribution is 2.32. The summed E-state index contributed by atoms with van der Waals surface area (Å²) >= 11 is 0. The lowest BCUT2D eigenvalue weighted by molar-refractivity contribution is -0.117. The van der Waals surface area contributed by atoms with E-state index in [9.17, 15) is 9.59 Å². The summed E-state index contributed by atoms with van der Waals surface area (Å²) in [4.78, 5) is 23.0. The molecule has 1 aromatic heterocycles. The minimum atomic E-state index is -1.01. The van der Waals surface area contributed by atoms with Crippen LogP contribution in [0.4, 0.5) is 11.4 Å². The second-order valence-corrected chi connectivity index (χ2v) is 4.58. The van der Waals surface area contributed by atoms with Gasteiger partial charge in [0.15, 0.2) is 0 Å². The monoisotopic (exact) mass is 272 g/mol. The van der Waals surface area contributed by atoms with Gasteiger partial charge >= 0.3 is 5.97 Å². The number of nitrogens with one attached hydrogen (secondary N) is 2.